The van der Waals surface area contributed by atoms with Gasteiger partial charge in [0.15, 0.2) is 0 Å². The number of carboxylic acids is 1. The Morgan fingerprint density at radius 1 is 1.35 bits per heavy atom. The van der Waals surface area contributed by atoms with Crippen LogP contribution in [-0.4, -0.2) is 53.2 Å². The molecule has 1 saturated heterocycles. The maximum atomic E-state index is 11.5. The number of hydrogen-bond acceptors (Lipinski definition) is 4. The number of pyridine rings is 1. The van der Waals surface area contributed by atoms with Crippen LogP contribution in [0.1, 0.15) is 35.5 Å². The van der Waals surface area contributed by atoms with Crippen LogP contribution in [0.4, 0.5) is 5.82 Å². The molecule has 5 heteroatoms. The average Bonchev–Trinajstić information content (AvgIpc) is 2.30. The fourth-order valence-electron chi connectivity index (χ4n) is 2.73. The first-order valence-electron chi connectivity index (χ1n) is 6.90. The summed E-state index contributed by atoms with van der Waals surface area (Å²) in [5.41, 5.74) is 1.97. The van der Waals surface area contributed by atoms with Crippen LogP contribution in [0.15, 0.2) is 6.07 Å². The molecular formula is C15H23N3O2. The number of aromatic carboxylic acids is 1. The van der Waals surface area contributed by atoms with Crippen LogP contribution in [0.2, 0.25) is 0 Å². The summed E-state index contributed by atoms with van der Waals surface area (Å²) < 4.78 is 0. The van der Waals surface area contributed by atoms with Crippen molar-refractivity contribution in [1.82, 2.24) is 9.88 Å². The van der Waals surface area contributed by atoms with E-state index < -0.39 is 5.97 Å². The topological polar surface area (TPSA) is 56.7 Å². The number of carboxylic acid groups (broad SMARTS) is 1. The number of aryl methyl sites for hydroxylation is 2. The Hall–Kier alpha value is -1.62. The Labute approximate surface area is 120 Å². The van der Waals surface area contributed by atoms with Crippen LogP contribution in [-0.2, 0) is 0 Å². The highest BCUT2D eigenvalue weighted by Gasteiger charge is 2.33. The van der Waals surface area contributed by atoms with E-state index in [-0.39, 0.29) is 5.54 Å². The quantitative estimate of drug-likeness (QED) is 0.895. The lowest BCUT2D eigenvalue weighted by Crippen LogP contribution is -2.58. The number of aromatic nitrogens is 1. The van der Waals surface area contributed by atoms with E-state index in [1.54, 1.807) is 0 Å². The van der Waals surface area contributed by atoms with E-state index in [4.69, 9.17) is 0 Å². The Kier molecular flexibility index (Phi) is 3.73. The lowest BCUT2D eigenvalue weighted by atomic mass is 9.98. The number of likely N-dealkylation sites (N-methyl/N-ethyl adjacent to an activating group) is 1. The first-order chi connectivity index (χ1) is 9.22. The van der Waals surface area contributed by atoms with Gasteiger partial charge in [0.25, 0.3) is 0 Å². The second-order valence-corrected chi connectivity index (χ2v) is 6.24. The third-order valence-electron chi connectivity index (χ3n) is 4.16. The Balaban J connectivity index is 2.45. The van der Waals surface area contributed by atoms with Gasteiger partial charge in [-0.15, -0.1) is 0 Å². The van der Waals surface area contributed by atoms with Crippen LogP contribution in [0, 0.1) is 13.8 Å². The molecule has 5 nitrogen and oxygen atoms in total. The predicted octanol–water partition coefficient (Wildman–Crippen LogP) is 1.93. The van der Waals surface area contributed by atoms with Crippen LogP contribution >= 0.6 is 0 Å². The second kappa shape index (κ2) is 5.05. The van der Waals surface area contributed by atoms with Gasteiger partial charge in [0.1, 0.15) is 11.4 Å². The molecule has 0 amide bonds. The van der Waals surface area contributed by atoms with Gasteiger partial charge < -0.3 is 10.0 Å². The Morgan fingerprint density at radius 3 is 2.55 bits per heavy atom. The van der Waals surface area contributed by atoms with E-state index in [2.05, 4.69) is 35.7 Å². The van der Waals surface area contributed by atoms with Crippen molar-refractivity contribution < 1.29 is 9.90 Å². The highest BCUT2D eigenvalue weighted by atomic mass is 16.4. The molecule has 20 heavy (non-hydrogen) atoms. The van der Waals surface area contributed by atoms with Crippen LogP contribution in [0.25, 0.3) is 0 Å². The summed E-state index contributed by atoms with van der Waals surface area (Å²) >= 11 is 0. The van der Waals surface area contributed by atoms with Crippen molar-refractivity contribution >= 4 is 11.8 Å². The SMILES string of the molecule is Cc1cc(C)c(C(=O)O)c(N2CCN(C)C(C)(C)C2)n1. The van der Waals surface area contributed by atoms with E-state index >= 15 is 0 Å². The first kappa shape index (κ1) is 14.8. The summed E-state index contributed by atoms with van der Waals surface area (Å²) in [6, 6.07) is 1.83. The van der Waals surface area contributed by atoms with Gasteiger partial charge in [0, 0.05) is 30.9 Å². The van der Waals surface area contributed by atoms with E-state index in [1.165, 1.54) is 0 Å². The van der Waals surface area contributed by atoms with Gasteiger partial charge in [0.2, 0.25) is 0 Å². The van der Waals surface area contributed by atoms with E-state index in [0.29, 0.717) is 11.4 Å². The highest BCUT2D eigenvalue weighted by Crippen LogP contribution is 2.28. The number of anilines is 1. The highest BCUT2D eigenvalue weighted by molar-refractivity contribution is 5.95. The summed E-state index contributed by atoms with van der Waals surface area (Å²) in [5.74, 6) is -0.294. The minimum Gasteiger partial charge on any atom is -0.478 e. The third-order valence-corrected chi connectivity index (χ3v) is 4.16. The molecule has 2 heterocycles. The first-order valence-corrected chi connectivity index (χ1v) is 6.90. The van der Waals surface area contributed by atoms with E-state index in [1.807, 2.05) is 19.9 Å². The lowest BCUT2D eigenvalue weighted by molar-refractivity contribution is 0.0695. The Morgan fingerprint density at radius 2 is 2.00 bits per heavy atom. The zero-order valence-electron chi connectivity index (χ0n) is 12.9. The number of nitrogens with zero attached hydrogens (tertiary/aromatic N) is 3. The molecular weight excluding hydrogens is 254 g/mol. The molecule has 1 aromatic rings. The summed E-state index contributed by atoms with van der Waals surface area (Å²) in [6.07, 6.45) is 0. The number of rotatable bonds is 2. The molecule has 0 saturated carbocycles. The van der Waals surface area contributed by atoms with Gasteiger partial charge in [-0.25, -0.2) is 9.78 Å². The fourth-order valence-corrected chi connectivity index (χ4v) is 2.73. The molecule has 1 aliphatic rings. The van der Waals surface area contributed by atoms with E-state index in [9.17, 15) is 9.90 Å². The van der Waals surface area contributed by atoms with Crippen molar-refractivity contribution in [3.05, 3.63) is 22.9 Å². The van der Waals surface area contributed by atoms with Gasteiger partial charge >= 0.3 is 5.97 Å². The summed E-state index contributed by atoms with van der Waals surface area (Å²) in [6.45, 7) is 10.6. The lowest BCUT2D eigenvalue weighted by Gasteiger charge is -2.46. The van der Waals surface area contributed by atoms with Crippen molar-refractivity contribution in [3.8, 4) is 0 Å². The normalized spacial score (nSPS) is 19.1. The van der Waals surface area contributed by atoms with E-state index in [0.717, 1.165) is 30.9 Å². The minimum atomic E-state index is -0.901. The van der Waals surface area contributed by atoms with Gasteiger partial charge in [-0.05, 0) is 46.4 Å². The molecule has 2 rings (SSSR count). The summed E-state index contributed by atoms with van der Waals surface area (Å²) in [7, 11) is 2.10. The molecule has 1 aromatic heterocycles. The molecule has 1 N–H and O–H groups in total. The molecule has 1 aliphatic heterocycles. The number of hydrogen-bond donors (Lipinski definition) is 1. The maximum absolute atomic E-state index is 11.5. The summed E-state index contributed by atoms with van der Waals surface area (Å²) in [5, 5.41) is 9.47. The molecule has 0 aromatic carbocycles. The molecule has 110 valence electrons. The smallest absolute Gasteiger partial charge is 0.339 e. The summed E-state index contributed by atoms with van der Waals surface area (Å²) in [4.78, 5) is 20.4. The minimum absolute atomic E-state index is 0.00730. The third kappa shape index (κ3) is 2.63. The van der Waals surface area contributed by atoms with Crippen molar-refractivity contribution in [2.45, 2.75) is 33.2 Å². The largest absolute Gasteiger partial charge is 0.478 e. The van der Waals surface area contributed by atoms with Crippen LogP contribution in [0.5, 0.6) is 0 Å². The molecule has 0 spiro atoms. The van der Waals surface area contributed by atoms with Crippen LogP contribution < -0.4 is 4.90 Å². The molecule has 0 bridgehead atoms. The Bertz CT molecular complexity index is 540. The predicted molar refractivity (Wildman–Crippen MR) is 79.6 cm³/mol. The standard InChI is InChI=1S/C15H23N3O2/c1-10-8-11(2)16-13(12(10)14(19)20)18-7-6-17(5)15(3,4)9-18/h8H,6-7,9H2,1-5H3,(H,19,20). The molecule has 0 radical (unpaired) electrons. The van der Waals surface area contributed by atoms with Crippen molar-refractivity contribution in [1.29, 1.82) is 0 Å². The molecule has 1 fully saturated rings. The van der Waals surface area contributed by atoms with Crippen LogP contribution in [0.3, 0.4) is 0 Å². The molecule has 0 unspecified atom stereocenters. The number of piperazine rings is 1. The second-order valence-electron chi connectivity index (χ2n) is 6.24. The average molecular weight is 277 g/mol. The van der Waals surface area contributed by atoms with Gasteiger partial charge in [-0.1, -0.05) is 0 Å². The monoisotopic (exact) mass is 277 g/mol. The number of carbonyl (C=O) groups is 1. The zero-order valence-corrected chi connectivity index (χ0v) is 12.9. The van der Waals surface area contributed by atoms with Gasteiger partial charge in [0.05, 0.1) is 0 Å². The van der Waals surface area contributed by atoms with Crippen molar-refractivity contribution in [2.75, 3.05) is 31.6 Å². The zero-order chi connectivity index (χ0) is 15.1. The molecule has 0 aliphatic carbocycles. The van der Waals surface area contributed by atoms with Crippen molar-refractivity contribution in [2.24, 2.45) is 0 Å². The van der Waals surface area contributed by atoms with Gasteiger partial charge in [-0.2, -0.15) is 0 Å². The van der Waals surface area contributed by atoms with Gasteiger partial charge in [-0.3, -0.25) is 4.90 Å². The fraction of sp³-hybridized carbons (Fsp3) is 0.600. The maximum Gasteiger partial charge on any atom is 0.339 e. The van der Waals surface area contributed by atoms with Crippen molar-refractivity contribution in [3.63, 3.8) is 0 Å². The molecule has 0 atom stereocenters.